The molecule has 2 aliphatic rings. The lowest BCUT2D eigenvalue weighted by atomic mass is 9.81. The zero-order valence-corrected chi connectivity index (χ0v) is 21.3. The monoisotopic (exact) mass is 493 g/mol. The maximum Gasteiger partial charge on any atom is 0.530 e. The number of ketones is 2. The maximum absolute atomic E-state index is 13.8. The number of carbonyl (C=O) groups excluding carboxylic acids is 2. The molecule has 2 aromatic carbocycles. The second-order valence-electron chi connectivity index (χ2n) is 9.54. The first-order valence-electron chi connectivity index (χ1n) is 11.8. The molecule has 0 amide bonds. The quantitative estimate of drug-likeness (QED) is 0.301. The highest BCUT2D eigenvalue weighted by molar-refractivity contribution is 7.49. The molecule has 1 aliphatic carbocycles. The molecule has 3 aromatic rings. The van der Waals surface area contributed by atoms with Gasteiger partial charge >= 0.3 is 7.82 Å². The molecule has 5 rings (SSSR count). The molecule has 0 saturated heterocycles. The van der Waals surface area contributed by atoms with Gasteiger partial charge in [-0.25, -0.2) is 4.57 Å². The van der Waals surface area contributed by atoms with Gasteiger partial charge in [0.25, 0.3) is 0 Å². The number of hydrogen-bond donors (Lipinski definition) is 0. The molecule has 0 fully saturated rings. The number of rotatable bonds is 6. The molecule has 8 heteroatoms. The second kappa shape index (κ2) is 8.59. The van der Waals surface area contributed by atoms with Crippen molar-refractivity contribution in [1.29, 1.82) is 0 Å². The minimum Gasteiger partial charge on any atom is -0.403 e. The molecule has 1 atom stereocenters. The third kappa shape index (κ3) is 3.98. The highest BCUT2D eigenvalue weighted by atomic mass is 31.2. The molecule has 35 heavy (non-hydrogen) atoms. The Morgan fingerprint density at radius 1 is 0.886 bits per heavy atom. The van der Waals surface area contributed by atoms with Crippen LogP contribution in [0, 0.1) is 0 Å². The fourth-order valence-corrected chi connectivity index (χ4v) is 6.58. The molecule has 7 nitrogen and oxygen atoms in total. The molecule has 0 bridgehead atoms. The van der Waals surface area contributed by atoms with E-state index in [0.29, 0.717) is 17.7 Å². The number of phosphoric acid groups is 1. The molecule has 0 saturated carbocycles. The third-order valence-electron chi connectivity index (χ3n) is 6.25. The van der Waals surface area contributed by atoms with Crippen molar-refractivity contribution < 1.29 is 27.7 Å². The minimum absolute atomic E-state index is 0.0108. The van der Waals surface area contributed by atoms with Gasteiger partial charge in [0.2, 0.25) is 0 Å². The van der Waals surface area contributed by atoms with Gasteiger partial charge in [0.05, 0.1) is 28.9 Å². The van der Waals surface area contributed by atoms with Gasteiger partial charge in [0, 0.05) is 29.9 Å². The van der Waals surface area contributed by atoms with Crippen LogP contribution >= 0.6 is 7.82 Å². The fourth-order valence-electron chi connectivity index (χ4n) is 5.01. The Morgan fingerprint density at radius 3 is 2.23 bits per heavy atom. The number of benzene rings is 2. The van der Waals surface area contributed by atoms with Crippen LogP contribution in [0.3, 0.4) is 0 Å². The molecule has 1 unspecified atom stereocenters. The van der Waals surface area contributed by atoms with E-state index in [2.05, 4.69) is 19.1 Å². The average molecular weight is 493 g/mol. The number of aromatic nitrogens is 1. The smallest absolute Gasteiger partial charge is 0.403 e. The van der Waals surface area contributed by atoms with Crippen LogP contribution < -0.4 is 4.52 Å². The van der Waals surface area contributed by atoms with Crippen molar-refractivity contribution in [3.63, 3.8) is 0 Å². The first kappa shape index (κ1) is 23.7. The summed E-state index contributed by atoms with van der Waals surface area (Å²) in [6.45, 7) is 9.50. The van der Waals surface area contributed by atoms with Crippen molar-refractivity contribution in [2.75, 3.05) is 0 Å². The topological polar surface area (TPSA) is 83.8 Å². The summed E-state index contributed by atoms with van der Waals surface area (Å²) in [6, 6.07) is 12.9. The van der Waals surface area contributed by atoms with Gasteiger partial charge in [-0.05, 0) is 44.9 Å². The summed E-state index contributed by atoms with van der Waals surface area (Å²) in [5, 5.41) is 0. The van der Waals surface area contributed by atoms with Crippen LogP contribution in [0.5, 0.6) is 5.75 Å². The third-order valence-corrected chi connectivity index (χ3v) is 8.03. The Morgan fingerprint density at radius 2 is 1.54 bits per heavy atom. The van der Waals surface area contributed by atoms with Gasteiger partial charge < -0.3 is 9.09 Å². The van der Waals surface area contributed by atoms with E-state index >= 15 is 0 Å². The van der Waals surface area contributed by atoms with E-state index in [0.717, 1.165) is 11.3 Å². The van der Waals surface area contributed by atoms with Gasteiger partial charge in [-0.3, -0.25) is 18.6 Å². The lowest BCUT2D eigenvalue weighted by Gasteiger charge is -2.27. The van der Waals surface area contributed by atoms with E-state index in [-0.39, 0.29) is 34.4 Å². The van der Waals surface area contributed by atoms with Crippen molar-refractivity contribution in [3.05, 3.63) is 87.7 Å². The van der Waals surface area contributed by atoms with Crippen LogP contribution in [0.4, 0.5) is 0 Å². The maximum atomic E-state index is 13.8. The minimum atomic E-state index is -4.05. The summed E-state index contributed by atoms with van der Waals surface area (Å²) in [5.74, 6) is -0.620. The highest BCUT2D eigenvalue weighted by Gasteiger charge is 2.41. The number of hydrogen-bond acceptors (Lipinski definition) is 6. The molecular weight excluding hydrogens is 465 g/mol. The number of nitrogens with zero attached hydrogens (tertiary/aromatic N) is 1. The van der Waals surface area contributed by atoms with Gasteiger partial charge in [0.15, 0.2) is 11.6 Å². The summed E-state index contributed by atoms with van der Waals surface area (Å²) < 4.78 is 32.1. The van der Waals surface area contributed by atoms with Gasteiger partial charge in [0.1, 0.15) is 5.75 Å². The summed E-state index contributed by atoms with van der Waals surface area (Å²) >= 11 is 0. The summed E-state index contributed by atoms with van der Waals surface area (Å²) in [5.41, 5.74) is 4.23. The van der Waals surface area contributed by atoms with Crippen LogP contribution in [-0.4, -0.2) is 28.3 Å². The van der Waals surface area contributed by atoms with E-state index in [9.17, 15) is 14.2 Å². The van der Waals surface area contributed by atoms with Gasteiger partial charge in [-0.2, -0.15) is 0 Å². The molecule has 0 radical (unpaired) electrons. The molecule has 0 N–H and O–H groups in total. The van der Waals surface area contributed by atoms with E-state index in [1.807, 2.05) is 16.7 Å². The van der Waals surface area contributed by atoms with Crippen molar-refractivity contribution in [3.8, 4) is 5.75 Å². The van der Waals surface area contributed by atoms with Gasteiger partial charge in [-0.1, -0.05) is 43.3 Å². The number of fused-ring (bicyclic) bond motifs is 5. The largest absolute Gasteiger partial charge is 0.530 e. The molecular formula is C27H28NO6P. The Hall–Kier alpha value is -2.99. The van der Waals surface area contributed by atoms with Crippen LogP contribution in [0.2, 0.25) is 0 Å². The van der Waals surface area contributed by atoms with Gasteiger partial charge in [-0.15, -0.1) is 0 Å². The number of carbonyl (C=O) groups is 2. The zero-order valence-electron chi connectivity index (χ0n) is 20.4. The van der Waals surface area contributed by atoms with Crippen molar-refractivity contribution >= 4 is 19.4 Å². The average Bonchev–Trinajstić information content (AvgIpc) is 3.16. The zero-order chi connectivity index (χ0) is 25.1. The molecule has 1 aromatic heterocycles. The lowest BCUT2D eigenvalue weighted by Crippen LogP contribution is -2.23. The van der Waals surface area contributed by atoms with E-state index in [1.165, 1.54) is 11.6 Å². The molecule has 2 heterocycles. The van der Waals surface area contributed by atoms with E-state index in [1.54, 1.807) is 46.0 Å². The first-order chi connectivity index (χ1) is 16.6. The normalized spacial score (nSPS) is 16.7. The van der Waals surface area contributed by atoms with Crippen LogP contribution in [-0.2, 0) is 20.2 Å². The standard InChI is InChI=1S/C27H28NO6P/c1-15(2)32-35(31,33-16(3)4)34-22-12-8-11-20-23(22)27(30)21-14-28-13-18-9-6-7-10-19(18)17(5)25(28)24(21)26(20)29/h6-12,14-17H,13H2,1-5H3. The van der Waals surface area contributed by atoms with Crippen LogP contribution in [0.1, 0.15) is 89.2 Å². The second-order valence-corrected chi connectivity index (χ2v) is 11.0. The van der Waals surface area contributed by atoms with Crippen molar-refractivity contribution in [2.45, 2.75) is 59.3 Å². The first-order valence-corrected chi connectivity index (χ1v) is 13.3. The van der Waals surface area contributed by atoms with Crippen LogP contribution in [0.15, 0.2) is 48.7 Å². The number of phosphoric ester groups is 1. The Labute approximate surface area is 204 Å². The SMILES string of the molecule is CC(C)OP(=O)(Oc1cccc2c1C(=O)c1cn3c(c1C2=O)C(C)c1ccccc1C3)OC(C)C. The Kier molecular flexibility index (Phi) is 5.83. The summed E-state index contributed by atoms with van der Waals surface area (Å²) in [4.78, 5) is 27.5. The predicted molar refractivity (Wildman–Crippen MR) is 131 cm³/mol. The Balaban J connectivity index is 1.60. The van der Waals surface area contributed by atoms with Crippen molar-refractivity contribution in [1.82, 2.24) is 4.57 Å². The van der Waals surface area contributed by atoms with Crippen molar-refractivity contribution in [2.24, 2.45) is 0 Å². The highest BCUT2D eigenvalue weighted by Crippen LogP contribution is 2.53. The lowest BCUT2D eigenvalue weighted by molar-refractivity contribution is 0.0962. The van der Waals surface area contributed by atoms with E-state index < -0.39 is 20.0 Å². The Bertz CT molecular complexity index is 1390. The van der Waals surface area contributed by atoms with E-state index in [4.69, 9.17) is 13.6 Å². The van der Waals surface area contributed by atoms with Crippen LogP contribution in [0.25, 0.3) is 0 Å². The summed E-state index contributed by atoms with van der Waals surface area (Å²) in [7, 11) is -4.05. The molecule has 182 valence electrons. The molecule has 0 spiro atoms. The summed E-state index contributed by atoms with van der Waals surface area (Å²) in [6.07, 6.45) is 0.875. The predicted octanol–water partition coefficient (Wildman–Crippen LogP) is 6.11. The fraction of sp³-hybridized carbons (Fsp3) is 0.333. The molecule has 1 aliphatic heterocycles.